The fourth-order valence-electron chi connectivity index (χ4n) is 4.38. The molecule has 180 valence electrons. The fraction of sp³-hybridized carbons (Fsp3) is 0.435. The first kappa shape index (κ1) is 25.8. The van der Waals surface area contributed by atoms with Crippen molar-refractivity contribution >= 4 is 45.7 Å². The molecule has 0 saturated carbocycles. The number of rotatable bonds is 5. The maximum absolute atomic E-state index is 13.0. The molecule has 2 heterocycles. The Morgan fingerprint density at radius 3 is 2.58 bits per heavy atom. The first-order valence-corrected chi connectivity index (χ1v) is 12.7. The molecule has 1 saturated heterocycles. The number of hydrogen-bond acceptors (Lipinski definition) is 4. The predicted octanol–water partition coefficient (Wildman–Crippen LogP) is 3.75. The molecule has 2 aliphatic rings. The lowest BCUT2D eigenvalue weighted by Crippen LogP contribution is -2.51. The molecule has 2 aromatic rings. The summed E-state index contributed by atoms with van der Waals surface area (Å²) in [7, 11) is -0.459. The first-order chi connectivity index (χ1) is 15.2. The van der Waals surface area contributed by atoms with Crippen molar-refractivity contribution in [3.8, 4) is 0 Å². The van der Waals surface area contributed by atoms with E-state index in [0.29, 0.717) is 13.0 Å². The number of sulfonamides is 1. The molecule has 0 aliphatic carbocycles. The van der Waals surface area contributed by atoms with Crippen molar-refractivity contribution < 1.29 is 13.2 Å². The summed E-state index contributed by atoms with van der Waals surface area (Å²) >= 11 is 5.98. The standard InChI is InChI=1S/C23H29ClN4O3S.ClH/c1-26(2)32(30,31)21-9-10-22-18(14-21)11-13-28(22)23(29)25-20-4-3-12-27(16-20)15-17-5-7-19(24)8-6-17;/h5-10,14,20H,3-4,11-13,15-16H2,1-2H3,(H,25,29);1H. The largest absolute Gasteiger partial charge is 0.334 e. The highest BCUT2D eigenvalue weighted by Crippen LogP contribution is 2.31. The van der Waals surface area contributed by atoms with Crippen LogP contribution < -0.4 is 10.2 Å². The maximum atomic E-state index is 13.0. The Hall–Kier alpha value is -1.84. The summed E-state index contributed by atoms with van der Waals surface area (Å²) in [5.41, 5.74) is 2.88. The zero-order valence-electron chi connectivity index (χ0n) is 18.8. The molecule has 0 bridgehead atoms. The van der Waals surface area contributed by atoms with E-state index in [-0.39, 0.29) is 29.4 Å². The number of hydrogen-bond donors (Lipinski definition) is 1. The maximum Gasteiger partial charge on any atom is 0.322 e. The topological polar surface area (TPSA) is 73.0 Å². The Balaban J connectivity index is 0.00000306. The lowest BCUT2D eigenvalue weighted by atomic mass is 10.0. The van der Waals surface area contributed by atoms with Crippen molar-refractivity contribution in [2.24, 2.45) is 0 Å². The minimum Gasteiger partial charge on any atom is -0.334 e. The molecular formula is C23H30Cl2N4O3S. The zero-order chi connectivity index (χ0) is 22.9. The summed E-state index contributed by atoms with van der Waals surface area (Å²) in [6.45, 7) is 3.19. The molecule has 2 aliphatic heterocycles. The van der Waals surface area contributed by atoms with Gasteiger partial charge in [-0.05, 0) is 67.3 Å². The average molecular weight is 513 g/mol. The van der Waals surface area contributed by atoms with Crippen molar-refractivity contribution in [2.45, 2.75) is 36.7 Å². The van der Waals surface area contributed by atoms with E-state index in [9.17, 15) is 13.2 Å². The summed E-state index contributed by atoms with van der Waals surface area (Å²) in [6, 6.07) is 12.9. The summed E-state index contributed by atoms with van der Waals surface area (Å²) in [6.07, 6.45) is 2.62. The SMILES string of the molecule is CN(C)S(=O)(=O)c1ccc2c(c1)CCN2C(=O)NC1CCCN(Cc2ccc(Cl)cc2)C1.Cl. The lowest BCUT2D eigenvalue weighted by Gasteiger charge is -2.34. The van der Waals surface area contributed by atoms with E-state index < -0.39 is 10.0 Å². The molecule has 2 amide bonds. The number of urea groups is 1. The molecule has 1 fully saturated rings. The van der Waals surface area contributed by atoms with Crippen LogP contribution in [-0.4, -0.2) is 63.4 Å². The van der Waals surface area contributed by atoms with Gasteiger partial charge in [-0.1, -0.05) is 23.7 Å². The molecule has 33 heavy (non-hydrogen) atoms. The number of carbonyl (C=O) groups excluding carboxylic acids is 1. The van der Waals surface area contributed by atoms with E-state index in [2.05, 4.69) is 10.2 Å². The Morgan fingerprint density at radius 1 is 1.15 bits per heavy atom. The van der Waals surface area contributed by atoms with Gasteiger partial charge in [-0.25, -0.2) is 17.5 Å². The number of fused-ring (bicyclic) bond motifs is 1. The highest BCUT2D eigenvalue weighted by molar-refractivity contribution is 7.89. The van der Waals surface area contributed by atoms with E-state index in [4.69, 9.17) is 11.6 Å². The van der Waals surface area contributed by atoms with Crippen LogP contribution >= 0.6 is 24.0 Å². The lowest BCUT2D eigenvalue weighted by molar-refractivity contribution is 0.182. The highest BCUT2D eigenvalue weighted by Gasteiger charge is 2.29. The number of likely N-dealkylation sites (tertiary alicyclic amines) is 1. The second-order valence-electron chi connectivity index (χ2n) is 8.63. The molecule has 1 unspecified atom stereocenters. The predicted molar refractivity (Wildman–Crippen MR) is 134 cm³/mol. The van der Waals surface area contributed by atoms with Gasteiger partial charge < -0.3 is 5.32 Å². The van der Waals surface area contributed by atoms with E-state index in [1.807, 2.05) is 24.3 Å². The number of piperidine rings is 1. The van der Waals surface area contributed by atoms with Gasteiger partial charge in [-0.3, -0.25) is 9.80 Å². The van der Waals surface area contributed by atoms with Gasteiger partial charge in [0, 0.05) is 50.5 Å². The van der Waals surface area contributed by atoms with Crippen molar-refractivity contribution in [1.29, 1.82) is 0 Å². The summed E-state index contributed by atoms with van der Waals surface area (Å²) in [5, 5.41) is 3.92. The fourth-order valence-corrected chi connectivity index (χ4v) is 5.46. The number of nitrogens with zero attached hydrogens (tertiary/aromatic N) is 3. The number of amides is 2. The summed E-state index contributed by atoms with van der Waals surface area (Å²) in [5.74, 6) is 0. The van der Waals surface area contributed by atoms with Gasteiger partial charge in [0.15, 0.2) is 0 Å². The third-order valence-electron chi connectivity index (χ3n) is 6.12. The monoisotopic (exact) mass is 512 g/mol. The van der Waals surface area contributed by atoms with Gasteiger partial charge in [0.05, 0.1) is 4.90 Å². The van der Waals surface area contributed by atoms with Gasteiger partial charge in [-0.2, -0.15) is 0 Å². The second-order valence-corrected chi connectivity index (χ2v) is 11.2. The minimum absolute atomic E-state index is 0. The van der Waals surface area contributed by atoms with Crippen molar-refractivity contribution in [3.05, 3.63) is 58.6 Å². The smallest absolute Gasteiger partial charge is 0.322 e. The van der Waals surface area contributed by atoms with E-state index in [1.165, 1.54) is 24.0 Å². The van der Waals surface area contributed by atoms with Crippen LogP contribution in [0.4, 0.5) is 10.5 Å². The molecule has 1 atom stereocenters. The van der Waals surface area contributed by atoms with Crippen LogP contribution in [0.2, 0.25) is 5.02 Å². The third-order valence-corrected chi connectivity index (χ3v) is 8.19. The molecule has 1 N–H and O–H groups in total. The molecule has 0 aromatic heterocycles. The number of anilines is 1. The summed E-state index contributed by atoms with van der Waals surface area (Å²) < 4.78 is 26.0. The first-order valence-electron chi connectivity index (χ1n) is 10.8. The van der Waals surface area contributed by atoms with E-state index >= 15 is 0 Å². The number of halogens is 2. The van der Waals surface area contributed by atoms with Crippen LogP contribution in [0.25, 0.3) is 0 Å². The van der Waals surface area contributed by atoms with Gasteiger partial charge in [-0.15, -0.1) is 12.4 Å². The molecule has 4 rings (SSSR count). The van der Waals surface area contributed by atoms with Crippen LogP contribution in [-0.2, 0) is 23.0 Å². The van der Waals surface area contributed by atoms with Crippen molar-refractivity contribution in [3.63, 3.8) is 0 Å². The molecule has 0 spiro atoms. The Bertz CT molecular complexity index is 1090. The molecule has 7 nitrogen and oxygen atoms in total. The third kappa shape index (κ3) is 5.81. The zero-order valence-corrected chi connectivity index (χ0v) is 21.2. The normalized spacial score (nSPS) is 18.7. The second kappa shape index (κ2) is 10.6. The van der Waals surface area contributed by atoms with Crippen molar-refractivity contribution in [1.82, 2.24) is 14.5 Å². The van der Waals surface area contributed by atoms with Gasteiger partial charge in [0.25, 0.3) is 0 Å². The van der Waals surface area contributed by atoms with Gasteiger partial charge in [0.1, 0.15) is 0 Å². The van der Waals surface area contributed by atoms with Crippen LogP contribution in [0.15, 0.2) is 47.4 Å². The van der Waals surface area contributed by atoms with Gasteiger partial charge in [0.2, 0.25) is 10.0 Å². The Morgan fingerprint density at radius 2 is 1.88 bits per heavy atom. The Kier molecular flexibility index (Phi) is 8.29. The molecule has 0 radical (unpaired) electrons. The number of carbonyl (C=O) groups is 1. The molecular weight excluding hydrogens is 483 g/mol. The minimum atomic E-state index is -3.49. The summed E-state index contributed by atoms with van der Waals surface area (Å²) in [4.78, 5) is 17.4. The van der Waals surface area contributed by atoms with Crippen LogP contribution in [0.5, 0.6) is 0 Å². The van der Waals surface area contributed by atoms with Crippen LogP contribution in [0, 0.1) is 0 Å². The number of benzene rings is 2. The molecule has 10 heteroatoms. The Labute approximate surface area is 207 Å². The van der Waals surface area contributed by atoms with Crippen molar-refractivity contribution in [2.75, 3.05) is 38.6 Å². The van der Waals surface area contributed by atoms with Gasteiger partial charge >= 0.3 is 6.03 Å². The van der Waals surface area contributed by atoms with Crippen LogP contribution in [0.3, 0.4) is 0 Å². The number of nitrogens with one attached hydrogen (secondary N) is 1. The average Bonchev–Trinajstić information content (AvgIpc) is 3.19. The van der Waals surface area contributed by atoms with E-state index in [1.54, 1.807) is 23.1 Å². The molecule has 2 aromatic carbocycles. The van der Waals surface area contributed by atoms with Crippen LogP contribution in [0.1, 0.15) is 24.0 Å². The highest BCUT2D eigenvalue weighted by atomic mass is 35.5. The van der Waals surface area contributed by atoms with E-state index in [0.717, 1.165) is 48.7 Å². The quantitative estimate of drug-likeness (QED) is 0.661.